The number of ether oxygens (including phenoxy) is 1. The van der Waals surface area contributed by atoms with E-state index < -0.39 is 6.04 Å². The molecule has 2 aromatic rings. The molecule has 1 aliphatic rings. The van der Waals surface area contributed by atoms with Gasteiger partial charge in [0.25, 0.3) is 5.91 Å². The monoisotopic (exact) mass is 543 g/mol. The molecule has 2 aromatic heterocycles. The smallest absolute Gasteiger partial charge is 0.409 e. The molecule has 1 atom stereocenters. The van der Waals surface area contributed by atoms with Gasteiger partial charge in [-0.3, -0.25) is 19.0 Å². The van der Waals surface area contributed by atoms with Crippen LogP contribution < -0.4 is 5.32 Å². The Bertz CT molecular complexity index is 959. The van der Waals surface area contributed by atoms with Crippen LogP contribution in [0.25, 0.3) is 0 Å². The standard InChI is InChI=1S/C19H26IN7O4/c1-5-31-19(30)26-8-6-25(7-9-26)18(29)13(3)27-11-15(12(2)23-27)22-17(28)16-14(20)10-21-24(16)4/h10-11,13H,5-9H2,1-4H3,(H,22,28). The Morgan fingerprint density at radius 3 is 2.45 bits per heavy atom. The first-order chi connectivity index (χ1) is 14.7. The lowest BCUT2D eigenvalue weighted by Gasteiger charge is -2.35. The molecule has 0 saturated carbocycles. The fourth-order valence-corrected chi connectivity index (χ4v) is 4.07. The second kappa shape index (κ2) is 9.66. The number of carbonyl (C=O) groups excluding carboxylic acids is 3. The molecule has 1 saturated heterocycles. The Kier molecular flexibility index (Phi) is 7.18. The van der Waals surface area contributed by atoms with Crippen LogP contribution in [0.3, 0.4) is 0 Å². The van der Waals surface area contributed by atoms with Crippen molar-refractivity contribution in [2.75, 3.05) is 38.1 Å². The maximum absolute atomic E-state index is 13.0. The third kappa shape index (κ3) is 4.99. The summed E-state index contributed by atoms with van der Waals surface area (Å²) in [4.78, 5) is 40.7. The number of halogens is 1. The Labute approximate surface area is 193 Å². The highest BCUT2D eigenvalue weighted by atomic mass is 127. The minimum absolute atomic E-state index is 0.0925. The average molecular weight is 543 g/mol. The van der Waals surface area contributed by atoms with Crippen LogP contribution in [0.2, 0.25) is 0 Å². The number of hydrogen-bond donors (Lipinski definition) is 1. The molecule has 1 fully saturated rings. The maximum atomic E-state index is 13.0. The van der Waals surface area contributed by atoms with E-state index in [-0.39, 0.29) is 17.9 Å². The topological polar surface area (TPSA) is 115 Å². The zero-order valence-electron chi connectivity index (χ0n) is 18.0. The van der Waals surface area contributed by atoms with Crippen LogP contribution in [0, 0.1) is 10.5 Å². The number of amides is 3. The van der Waals surface area contributed by atoms with Gasteiger partial charge in [0.15, 0.2) is 0 Å². The van der Waals surface area contributed by atoms with Gasteiger partial charge < -0.3 is 19.9 Å². The normalized spacial score (nSPS) is 15.0. The molecular weight excluding hydrogens is 517 g/mol. The van der Waals surface area contributed by atoms with Crippen molar-refractivity contribution in [2.45, 2.75) is 26.8 Å². The summed E-state index contributed by atoms with van der Waals surface area (Å²) in [5.74, 6) is -0.383. The molecule has 0 radical (unpaired) electrons. The highest BCUT2D eigenvalue weighted by Gasteiger charge is 2.29. The molecule has 1 N–H and O–H groups in total. The number of nitrogens with zero attached hydrogens (tertiary/aromatic N) is 6. The Hall–Kier alpha value is -2.64. The number of nitrogens with one attached hydrogen (secondary N) is 1. The van der Waals surface area contributed by atoms with Crippen molar-refractivity contribution in [3.8, 4) is 0 Å². The summed E-state index contributed by atoms with van der Waals surface area (Å²) >= 11 is 2.06. The lowest BCUT2D eigenvalue weighted by molar-refractivity contribution is -0.136. The van der Waals surface area contributed by atoms with Crippen molar-refractivity contribution in [3.63, 3.8) is 0 Å². The summed E-state index contributed by atoms with van der Waals surface area (Å²) < 4.78 is 8.82. The van der Waals surface area contributed by atoms with Gasteiger partial charge in [0.1, 0.15) is 11.7 Å². The lowest BCUT2D eigenvalue weighted by atomic mass is 10.2. The van der Waals surface area contributed by atoms with Crippen molar-refractivity contribution >= 4 is 46.2 Å². The van der Waals surface area contributed by atoms with E-state index in [1.165, 1.54) is 4.68 Å². The van der Waals surface area contributed by atoms with Gasteiger partial charge >= 0.3 is 6.09 Å². The van der Waals surface area contributed by atoms with Crippen molar-refractivity contribution in [1.29, 1.82) is 0 Å². The van der Waals surface area contributed by atoms with Crippen LogP contribution in [0.1, 0.15) is 36.1 Å². The summed E-state index contributed by atoms with van der Waals surface area (Å²) in [6.45, 7) is 7.36. The molecule has 0 aromatic carbocycles. The van der Waals surface area contributed by atoms with Gasteiger partial charge in [-0.05, 0) is 43.4 Å². The predicted molar refractivity (Wildman–Crippen MR) is 121 cm³/mol. The second-order valence-electron chi connectivity index (χ2n) is 7.21. The Balaban J connectivity index is 1.64. The zero-order valence-corrected chi connectivity index (χ0v) is 20.1. The van der Waals surface area contributed by atoms with Gasteiger partial charge in [-0.15, -0.1) is 0 Å². The Morgan fingerprint density at radius 2 is 1.87 bits per heavy atom. The first kappa shape index (κ1) is 23.0. The average Bonchev–Trinajstić information content (AvgIpc) is 3.28. The number of hydrogen-bond acceptors (Lipinski definition) is 6. The minimum atomic E-state index is -0.546. The third-order valence-corrected chi connectivity index (χ3v) is 5.94. The van der Waals surface area contributed by atoms with Crippen molar-refractivity contribution in [3.05, 3.63) is 27.4 Å². The number of aryl methyl sites for hydroxylation is 2. The number of anilines is 1. The van der Waals surface area contributed by atoms with Crippen LogP contribution in [0.5, 0.6) is 0 Å². The highest BCUT2D eigenvalue weighted by molar-refractivity contribution is 14.1. The number of rotatable bonds is 5. The number of piperazine rings is 1. The molecule has 0 bridgehead atoms. The first-order valence-electron chi connectivity index (χ1n) is 9.98. The predicted octanol–water partition coefficient (Wildman–Crippen LogP) is 1.64. The minimum Gasteiger partial charge on any atom is -0.450 e. The quantitative estimate of drug-likeness (QED) is 0.574. The van der Waals surface area contributed by atoms with E-state index in [1.54, 1.807) is 54.7 Å². The summed E-state index contributed by atoms with van der Waals surface area (Å²) in [5, 5.41) is 11.3. The lowest BCUT2D eigenvalue weighted by Crippen LogP contribution is -2.52. The molecule has 3 rings (SSSR count). The fraction of sp³-hybridized carbons (Fsp3) is 0.526. The summed E-state index contributed by atoms with van der Waals surface area (Å²) in [6, 6.07) is -0.546. The maximum Gasteiger partial charge on any atom is 0.409 e. The van der Waals surface area contributed by atoms with Crippen molar-refractivity contribution in [1.82, 2.24) is 29.4 Å². The third-order valence-electron chi connectivity index (χ3n) is 5.15. The van der Waals surface area contributed by atoms with Crippen LogP contribution in [-0.4, -0.2) is 80.1 Å². The van der Waals surface area contributed by atoms with Gasteiger partial charge in [0.2, 0.25) is 5.91 Å². The van der Waals surface area contributed by atoms with E-state index >= 15 is 0 Å². The SMILES string of the molecule is CCOC(=O)N1CCN(C(=O)C(C)n2cc(NC(=O)c3c(I)cnn3C)c(C)n2)CC1. The summed E-state index contributed by atoms with van der Waals surface area (Å²) in [6.07, 6.45) is 2.93. The van der Waals surface area contributed by atoms with Gasteiger partial charge in [0, 0.05) is 39.4 Å². The van der Waals surface area contributed by atoms with E-state index in [1.807, 2.05) is 0 Å². The van der Waals surface area contributed by atoms with E-state index in [2.05, 4.69) is 38.1 Å². The second-order valence-corrected chi connectivity index (χ2v) is 8.38. The molecule has 0 spiro atoms. The van der Waals surface area contributed by atoms with E-state index in [9.17, 15) is 14.4 Å². The molecular formula is C19H26IN7O4. The van der Waals surface area contributed by atoms with E-state index in [4.69, 9.17) is 4.74 Å². The van der Waals surface area contributed by atoms with Gasteiger partial charge in [-0.2, -0.15) is 10.2 Å². The van der Waals surface area contributed by atoms with Gasteiger partial charge in [-0.25, -0.2) is 4.79 Å². The number of carbonyl (C=O) groups is 3. The van der Waals surface area contributed by atoms with E-state index in [0.717, 1.165) is 3.57 Å². The molecule has 3 heterocycles. The first-order valence-corrected chi connectivity index (χ1v) is 11.1. The van der Waals surface area contributed by atoms with Crippen LogP contribution >= 0.6 is 22.6 Å². The largest absolute Gasteiger partial charge is 0.450 e. The van der Waals surface area contributed by atoms with Gasteiger partial charge in [-0.1, -0.05) is 0 Å². The number of aromatic nitrogens is 4. The fourth-order valence-electron chi connectivity index (χ4n) is 3.35. The zero-order chi connectivity index (χ0) is 22.7. The molecule has 168 valence electrons. The summed E-state index contributed by atoms with van der Waals surface area (Å²) in [7, 11) is 1.70. The van der Waals surface area contributed by atoms with Crippen LogP contribution in [-0.2, 0) is 16.6 Å². The molecule has 11 nitrogen and oxygen atoms in total. The van der Waals surface area contributed by atoms with Crippen LogP contribution in [0.15, 0.2) is 12.4 Å². The molecule has 0 aliphatic carbocycles. The molecule has 12 heteroatoms. The molecule has 1 aliphatic heterocycles. The van der Waals surface area contributed by atoms with Gasteiger partial charge in [0.05, 0.1) is 27.8 Å². The highest BCUT2D eigenvalue weighted by Crippen LogP contribution is 2.20. The Morgan fingerprint density at radius 1 is 1.23 bits per heavy atom. The van der Waals surface area contributed by atoms with Crippen LogP contribution in [0.4, 0.5) is 10.5 Å². The van der Waals surface area contributed by atoms with Crippen molar-refractivity contribution in [2.24, 2.45) is 7.05 Å². The summed E-state index contributed by atoms with van der Waals surface area (Å²) in [5.41, 5.74) is 1.60. The molecule has 3 amide bonds. The van der Waals surface area contributed by atoms with Crippen molar-refractivity contribution < 1.29 is 19.1 Å². The molecule has 1 unspecified atom stereocenters. The van der Waals surface area contributed by atoms with E-state index in [0.29, 0.717) is 49.9 Å². The molecule has 31 heavy (non-hydrogen) atoms.